The van der Waals surface area contributed by atoms with Crippen LogP contribution in [0.15, 0.2) is 24.3 Å². The molecule has 0 spiro atoms. The monoisotopic (exact) mass is 308 g/mol. The molecule has 1 aromatic carbocycles. The van der Waals surface area contributed by atoms with Gasteiger partial charge in [0.1, 0.15) is 5.82 Å². The standard InChI is InChI=1S/C17H25FN2O2/c1-3-4-7-12-20(14(2)21)13-17(22)19-11-10-15-8-5-6-9-16(15)18/h5-6,8-9H,3-4,7,10-13H2,1-2H3,(H,19,22). The van der Waals surface area contributed by atoms with Crippen LogP contribution in [-0.4, -0.2) is 36.3 Å². The van der Waals surface area contributed by atoms with E-state index in [1.807, 2.05) is 0 Å². The molecule has 0 saturated heterocycles. The molecule has 0 radical (unpaired) electrons. The normalized spacial score (nSPS) is 10.3. The molecule has 1 N–H and O–H groups in total. The average Bonchev–Trinajstić information content (AvgIpc) is 2.48. The van der Waals surface area contributed by atoms with Gasteiger partial charge in [-0.15, -0.1) is 0 Å². The minimum atomic E-state index is -0.262. The number of hydrogen-bond donors (Lipinski definition) is 1. The Morgan fingerprint density at radius 2 is 1.95 bits per heavy atom. The van der Waals surface area contributed by atoms with Crippen LogP contribution in [0.4, 0.5) is 4.39 Å². The van der Waals surface area contributed by atoms with Gasteiger partial charge < -0.3 is 10.2 Å². The van der Waals surface area contributed by atoms with Gasteiger partial charge in [-0.05, 0) is 24.5 Å². The van der Waals surface area contributed by atoms with Gasteiger partial charge in [0.25, 0.3) is 0 Å². The van der Waals surface area contributed by atoms with E-state index in [1.54, 1.807) is 23.1 Å². The Kier molecular flexibility index (Phi) is 8.18. The first kappa shape index (κ1) is 18.1. The molecule has 1 rings (SSSR count). The summed E-state index contributed by atoms with van der Waals surface area (Å²) in [5, 5.41) is 2.73. The van der Waals surface area contributed by atoms with E-state index in [2.05, 4.69) is 12.2 Å². The summed E-state index contributed by atoms with van der Waals surface area (Å²) in [5.74, 6) is -0.565. The largest absolute Gasteiger partial charge is 0.354 e. The van der Waals surface area contributed by atoms with Gasteiger partial charge in [0.2, 0.25) is 11.8 Å². The quantitative estimate of drug-likeness (QED) is 0.713. The smallest absolute Gasteiger partial charge is 0.239 e. The number of nitrogens with zero attached hydrogens (tertiary/aromatic N) is 1. The molecule has 0 aliphatic rings. The fourth-order valence-corrected chi connectivity index (χ4v) is 2.17. The van der Waals surface area contributed by atoms with Gasteiger partial charge in [0.05, 0.1) is 6.54 Å². The molecule has 0 bridgehead atoms. The van der Waals surface area contributed by atoms with Gasteiger partial charge >= 0.3 is 0 Å². The zero-order valence-corrected chi connectivity index (χ0v) is 13.4. The highest BCUT2D eigenvalue weighted by Gasteiger charge is 2.12. The van der Waals surface area contributed by atoms with Crippen molar-refractivity contribution >= 4 is 11.8 Å². The number of rotatable bonds is 9. The highest BCUT2D eigenvalue weighted by Crippen LogP contribution is 2.06. The van der Waals surface area contributed by atoms with Crippen LogP contribution in [0.5, 0.6) is 0 Å². The number of carbonyl (C=O) groups is 2. The van der Waals surface area contributed by atoms with Gasteiger partial charge in [-0.1, -0.05) is 38.0 Å². The first-order chi connectivity index (χ1) is 10.5. The summed E-state index contributed by atoms with van der Waals surface area (Å²) in [7, 11) is 0. The minimum Gasteiger partial charge on any atom is -0.354 e. The maximum Gasteiger partial charge on any atom is 0.239 e. The summed E-state index contributed by atoms with van der Waals surface area (Å²) < 4.78 is 13.4. The van der Waals surface area contributed by atoms with E-state index >= 15 is 0 Å². The first-order valence-corrected chi connectivity index (χ1v) is 7.80. The molecule has 0 unspecified atom stereocenters. The lowest BCUT2D eigenvalue weighted by Gasteiger charge is -2.20. The number of amides is 2. The number of benzene rings is 1. The molecule has 0 atom stereocenters. The molecule has 122 valence electrons. The van der Waals surface area contributed by atoms with Crippen LogP contribution in [0.2, 0.25) is 0 Å². The predicted molar refractivity (Wildman–Crippen MR) is 84.9 cm³/mol. The number of unbranched alkanes of at least 4 members (excludes halogenated alkanes) is 2. The molecule has 0 aliphatic heterocycles. The van der Waals surface area contributed by atoms with Crippen molar-refractivity contribution in [3.8, 4) is 0 Å². The lowest BCUT2D eigenvalue weighted by molar-refractivity contribution is -0.134. The van der Waals surface area contributed by atoms with E-state index in [9.17, 15) is 14.0 Å². The molecule has 0 heterocycles. The van der Waals surface area contributed by atoms with Crippen LogP contribution < -0.4 is 5.32 Å². The number of halogens is 1. The van der Waals surface area contributed by atoms with Crippen molar-refractivity contribution in [2.45, 2.75) is 39.5 Å². The second kappa shape index (κ2) is 9.92. The minimum absolute atomic E-state index is 0.0658. The van der Waals surface area contributed by atoms with Crippen molar-refractivity contribution in [1.29, 1.82) is 0 Å². The fraction of sp³-hybridized carbons (Fsp3) is 0.529. The Morgan fingerprint density at radius 3 is 2.59 bits per heavy atom. The van der Waals surface area contributed by atoms with Gasteiger partial charge in [-0.3, -0.25) is 9.59 Å². The molecule has 0 fully saturated rings. The van der Waals surface area contributed by atoms with Crippen molar-refractivity contribution in [1.82, 2.24) is 10.2 Å². The van der Waals surface area contributed by atoms with Crippen LogP contribution in [0.25, 0.3) is 0 Å². The fourth-order valence-electron chi connectivity index (χ4n) is 2.17. The van der Waals surface area contributed by atoms with E-state index in [4.69, 9.17) is 0 Å². The summed E-state index contributed by atoms with van der Waals surface area (Å²) in [5.41, 5.74) is 0.578. The summed E-state index contributed by atoms with van der Waals surface area (Å²) in [6, 6.07) is 6.51. The number of hydrogen-bond acceptors (Lipinski definition) is 2. The van der Waals surface area contributed by atoms with Crippen molar-refractivity contribution in [2.75, 3.05) is 19.6 Å². The molecule has 1 aromatic rings. The summed E-state index contributed by atoms with van der Waals surface area (Å²) in [4.78, 5) is 24.9. The first-order valence-electron chi connectivity index (χ1n) is 7.80. The number of nitrogens with one attached hydrogen (secondary N) is 1. The van der Waals surface area contributed by atoms with E-state index in [1.165, 1.54) is 13.0 Å². The van der Waals surface area contributed by atoms with Crippen LogP contribution in [0, 0.1) is 5.82 Å². The maximum absolute atomic E-state index is 13.4. The topological polar surface area (TPSA) is 49.4 Å². The SMILES string of the molecule is CCCCCN(CC(=O)NCCc1ccccc1F)C(C)=O. The maximum atomic E-state index is 13.4. The zero-order valence-electron chi connectivity index (χ0n) is 13.4. The second-order valence-electron chi connectivity index (χ2n) is 5.34. The summed E-state index contributed by atoms with van der Waals surface area (Å²) >= 11 is 0. The van der Waals surface area contributed by atoms with Crippen LogP contribution in [0.3, 0.4) is 0 Å². The summed E-state index contributed by atoms with van der Waals surface area (Å²) in [6.45, 7) is 4.59. The Morgan fingerprint density at radius 1 is 1.23 bits per heavy atom. The van der Waals surface area contributed by atoms with E-state index < -0.39 is 0 Å². The summed E-state index contributed by atoms with van der Waals surface area (Å²) in [6.07, 6.45) is 3.45. The Hall–Kier alpha value is -1.91. The number of carbonyl (C=O) groups excluding carboxylic acids is 2. The third-order valence-electron chi connectivity index (χ3n) is 3.49. The molecule has 0 saturated carbocycles. The van der Waals surface area contributed by atoms with Gasteiger partial charge in [-0.2, -0.15) is 0 Å². The molecule has 22 heavy (non-hydrogen) atoms. The molecule has 2 amide bonds. The molecule has 4 nitrogen and oxygen atoms in total. The van der Waals surface area contributed by atoms with E-state index in [0.717, 1.165) is 19.3 Å². The Labute approximate surface area is 131 Å². The molecule has 0 aromatic heterocycles. The van der Waals surface area contributed by atoms with Crippen molar-refractivity contribution in [3.63, 3.8) is 0 Å². The zero-order chi connectivity index (χ0) is 16.4. The van der Waals surface area contributed by atoms with Crippen molar-refractivity contribution < 1.29 is 14.0 Å². The van der Waals surface area contributed by atoms with Gasteiger partial charge in [0, 0.05) is 20.0 Å². The molecule has 0 aliphatic carbocycles. The van der Waals surface area contributed by atoms with Crippen LogP contribution in [0.1, 0.15) is 38.7 Å². The average molecular weight is 308 g/mol. The second-order valence-corrected chi connectivity index (χ2v) is 5.34. The van der Waals surface area contributed by atoms with Crippen molar-refractivity contribution in [2.24, 2.45) is 0 Å². The van der Waals surface area contributed by atoms with Crippen LogP contribution in [-0.2, 0) is 16.0 Å². The third kappa shape index (κ3) is 6.70. The highest BCUT2D eigenvalue weighted by atomic mass is 19.1. The lowest BCUT2D eigenvalue weighted by Crippen LogP contribution is -2.40. The predicted octanol–water partition coefficient (Wildman–Crippen LogP) is 2.52. The Bertz CT molecular complexity index is 491. The van der Waals surface area contributed by atoms with Gasteiger partial charge in [-0.25, -0.2) is 4.39 Å². The molecular weight excluding hydrogens is 283 g/mol. The van der Waals surface area contributed by atoms with Crippen LogP contribution >= 0.6 is 0 Å². The van der Waals surface area contributed by atoms with Gasteiger partial charge in [0.15, 0.2) is 0 Å². The highest BCUT2D eigenvalue weighted by molar-refractivity contribution is 5.83. The van der Waals surface area contributed by atoms with Crippen molar-refractivity contribution in [3.05, 3.63) is 35.6 Å². The van der Waals surface area contributed by atoms with E-state index in [0.29, 0.717) is 25.1 Å². The lowest BCUT2D eigenvalue weighted by atomic mass is 10.1. The molecular formula is C17H25FN2O2. The third-order valence-corrected chi connectivity index (χ3v) is 3.49. The van der Waals surface area contributed by atoms with E-state index in [-0.39, 0.29) is 24.2 Å². The molecule has 5 heteroatoms. The Balaban J connectivity index is 2.34.